The Hall–Kier alpha value is -2.41. The number of aliphatic imine (C=N–C) groups is 1. The van der Waals surface area contributed by atoms with Crippen molar-refractivity contribution in [3.8, 4) is 0 Å². The molecule has 0 bridgehead atoms. The number of aryl methyl sites for hydroxylation is 1. The van der Waals surface area contributed by atoms with Gasteiger partial charge in [0.15, 0.2) is 11.8 Å². The number of likely N-dealkylation sites (tertiary alicyclic amines) is 1. The molecule has 1 aromatic carbocycles. The molecule has 0 saturated carbocycles. The molecule has 140 valence electrons. The normalized spacial score (nSPS) is 16.6. The summed E-state index contributed by atoms with van der Waals surface area (Å²) >= 11 is 0. The second kappa shape index (κ2) is 9.33. The summed E-state index contributed by atoms with van der Waals surface area (Å²) in [6.07, 6.45) is 3.95. The molecule has 0 spiro atoms. The smallest absolute Gasteiger partial charge is 0.191 e. The van der Waals surface area contributed by atoms with Gasteiger partial charge in [0.1, 0.15) is 12.9 Å². The molecule has 2 N–H and O–H groups in total. The van der Waals surface area contributed by atoms with Crippen molar-refractivity contribution in [2.75, 3.05) is 19.6 Å². The van der Waals surface area contributed by atoms with Crippen molar-refractivity contribution >= 4 is 5.96 Å². The monoisotopic (exact) mass is 355 g/mol. The quantitative estimate of drug-likeness (QED) is 0.607. The van der Waals surface area contributed by atoms with Gasteiger partial charge in [-0.1, -0.05) is 30.3 Å². The topological polar surface area (TPSA) is 70.4 Å². The summed E-state index contributed by atoms with van der Waals surface area (Å²) in [4.78, 5) is 7.18. The third kappa shape index (κ3) is 5.29. The van der Waals surface area contributed by atoms with Crippen molar-refractivity contribution in [1.82, 2.24) is 30.3 Å². The number of guanidine groups is 1. The van der Waals surface area contributed by atoms with E-state index in [1.165, 1.54) is 5.56 Å². The predicted octanol–water partition coefficient (Wildman–Crippen LogP) is 1.53. The van der Waals surface area contributed by atoms with Crippen LogP contribution in [-0.2, 0) is 20.1 Å². The van der Waals surface area contributed by atoms with Crippen LogP contribution in [0.15, 0.2) is 41.7 Å². The van der Waals surface area contributed by atoms with Gasteiger partial charge >= 0.3 is 0 Å². The molecule has 2 heterocycles. The van der Waals surface area contributed by atoms with Crippen LogP contribution in [0, 0.1) is 0 Å². The zero-order chi connectivity index (χ0) is 18.2. The first kappa shape index (κ1) is 18.4. The zero-order valence-corrected chi connectivity index (χ0v) is 15.7. The molecule has 2 aromatic rings. The molecule has 1 aliphatic rings. The number of hydrogen-bond donors (Lipinski definition) is 2. The molecule has 1 fully saturated rings. The average Bonchev–Trinajstić information content (AvgIpc) is 3.07. The number of benzene rings is 1. The maximum absolute atomic E-state index is 4.66. The molecular weight excluding hydrogens is 326 g/mol. The summed E-state index contributed by atoms with van der Waals surface area (Å²) in [6, 6.07) is 11.2. The van der Waals surface area contributed by atoms with Gasteiger partial charge in [-0.3, -0.25) is 4.90 Å². The van der Waals surface area contributed by atoms with E-state index in [2.05, 4.69) is 68.0 Å². The summed E-state index contributed by atoms with van der Waals surface area (Å²) in [5.74, 6) is 1.72. The number of hydrogen-bond acceptors (Lipinski definition) is 4. The van der Waals surface area contributed by atoms with Crippen LogP contribution in [0.25, 0.3) is 0 Å². The third-order valence-electron chi connectivity index (χ3n) is 4.71. The Morgan fingerprint density at radius 1 is 1.23 bits per heavy atom. The van der Waals surface area contributed by atoms with Gasteiger partial charge in [-0.15, -0.1) is 10.2 Å². The van der Waals surface area contributed by atoms with Crippen LogP contribution < -0.4 is 10.6 Å². The molecule has 0 aliphatic carbocycles. The molecule has 3 rings (SSSR count). The summed E-state index contributed by atoms with van der Waals surface area (Å²) in [7, 11) is 1.94. The first-order chi connectivity index (χ1) is 12.7. The highest BCUT2D eigenvalue weighted by molar-refractivity contribution is 5.80. The first-order valence-corrected chi connectivity index (χ1v) is 9.38. The zero-order valence-electron chi connectivity index (χ0n) is 15.7. The molecule has 7 nitrogen and oxygen atoms in total. The van der Waals surface area contributed by atoms with Gasteiger partial charge in [-0.2, -0.15) is 0 Å². The van der Waals surface area contributed by atoms with Crippen LogP contribution in [0.3, 0.4) is 0 Å². The number of rotatable bonds is 6. The Bertz CT molecular complexity index is 687. The SMILES string of the molecule is CCNC(=NCc1nncn1C)NC1CCN(Cc2ccccc2)CC1. The highest BCUT2D eigenvalue weighted by Gasteiger charge is 2.20. The van der Waals surface area contributed by atoms with Gasteiger partial charge in [-0.25, -0.2) is 4.99 Å². The van der Waals surface area contributed by atoms with Gasteiger partial charge in [-0.05, 0) is 25.3 Å². The Kier molecular flexibility index (Phi) is 6.60. The molecule has 0 amide bonds. The first-order valence-electron chi connectivity index (χ1n) is 9.38. The fourth-order valence-electron chi connectivity index (χ4n) is 3.19. The molecule has 1 saturated heterocycles. The Labute approximate surface area is 155 Å². The molecule has 1 aromatic heterocycles. The van der Waals surface area contributed by atoms with Crippen LogP contribution in [0.5, 0.6) is 0 Å². The van der Waals surface area contributed by atoms with E-state index < -0.39 is 0 Å². The lowest BCUT2D eigenvalue weighted by Crippen LogP contribution is -2.48. The Morgan fingerprint density at radius 3 is 2.65 bits per heavy atom. The van der Waals surface area contributed by atoms with Crippen molar-refractivity contribution in [3.05, 3.63) is 48.0 Å². The van der Waals surface area contributed by atoms with Gasteiger partial charge in [0.05, 0.1) is 0 Å². The van der Waals surface area contributed by atoms with Gasteiger partial charge in [0.25, 0.3) is 0 Å². The lowest BCUT2D eigenvalue weighted by atomic mass is 10.0. The minimum Gasteiger partial charge on any atom is -0.357 e. The summed E-state index contributed by atoms with van der Waals surface area (Å²) in [5.41, 5.74) is 1.39. The highest BCUT2D eigenvalue weighted by Crippen LogP contribution is 2.13. The maximum atomic E-state index is 4.66. The number of piperidine rings is 1. The molecular formula is C19H29N7. The van der Waals surface area contributed by atoms with Gasteiger partial charge in [0.2, 0.25) is 0 Å². The second-order valence-electron chi connectivity index (χ2n) is 6.73. The van der Waals surface area contributed by atoms with E-state index in [4.69, 9.17) is 0 Å². The minimum atomic E-state index is 0.458. The molecule has 26 heavy (non-hydrogen) atoms. The van der Waals surface area contributed by atoms with E-state index in [-0.39, 0.29) is 0 Å². The van der Waals surface area contributed by atoms with Crippen LogP contribution >= 0.6 is 0 Å². The van der Waals surface area contributed by atoms with E-state index in [1.54, 1.807) is 6.33 Å². The fraction of sp³-hybridized carbons (Fsp3) is 0.526. The number of nitrogens with one attached hydrogen (secondary N) is 2. The van der Waals surface area contributed by atoms with Crippen molar-refractivity contribution in [2.24, 2.45) is 12.0 Å². The predicted molar refractivity (Wildman–Crippen MR) is 104 cm³/mol. The number of aromatic nitrogens is 3. The second-order valence-corrected chi connectivity index (χ2v) is 6.73. The van der Waals surface area contributed by atoms with E-state index in [0.29, 0.717) is 12.6 Å². The van der Waals surface area contributed by atoms with E-state index in [0.717, 1.165) is 50.8 Å². The van der Waals surface area contributed by atoms with Crippen molar-refractivity contribution in [2.45, 2.75) is 38.9 Å². The average molecular weight is 355 g/mol. The van der Waals surface area contributed by atoms with E-state index in [9.17, 15) is 0 Å². The summed E-state index contributed by atoms with van der Waals surface area (Å²) < 4.78 is 1.90. The van der Waals surface area contributed by atoms with E-state index in [1.807, 2.05) is 11.6 Å². The van der Waals surface area contributed by atoms with Gasteiger partial charge in [0, 0.05) is 39.3 Å². The van der Waals surface area contributed by atoms with Crippen LogP contribution in [0.2, 0.25) is 0 Å². The van der Waals surface area contributed by atoms with Crippen molar-refractivity contribution in [1.29, 1.82) is 0 Å². The molecule has 0 atom stereocenters. The standard InChI is InChI=1S/C19H29N7/c1-3-20-19(21-13-18-24-22-15-25(18)2)23-17-9-11-26(12-10-17)14-16-7-5-4-6-8-16/h4-8,15,17H,3,9-14H2,1-2H3,(H2,20,21,23). The molecule has 0 radical (unpaired) electrons. The molecule has 1 aliphatic heterocycles. The van der Waals surface area contributed by atoms with Crippen LogP contribution in [-0.4, -0.2) is 51.3 Å². The fourth-order valence-corrected chi connectivity index (χ4v) is 3.19. The highest BCUT2D eigenvalue weighted by atomic mass is 15.3. The Morgan fingerprint density at radius 2 is 2.00 bits per heavy atom. The Balaban J connectivity index is 1.48. The lowest BCUT2D eigenvalue weighted by Gasteiger charge is -2.33. The third-order valence-corrected chi connectivity index (χ3v) is 4.71. The van der Waals surface area contributed by atoms with Crippen molar-refractivity contribution in [3.63, 3.8) is 0 Å². The van der Waals surface area contributed by atoms with E-state index >= 15 is 0 Å². The lowest BCUT2D eigenvalue weighted by molar-refractivity contribution is 0.198. The van der Waals surface area contributed by atoms with Crippen LogP contribution in [0.1, 0.15) is 31.2 Å². The number of nitrogens with zero attached hydrogens (tertiary/aromatic N) is 5. The molecule has 7 heteroatoms. The maximum Gasteiger partial charge on any atom is 0.191 e. The molecule has 0 unspecified atom stereocenters. The van der Waals surface area contributed by atoms with Crippen LogP contribution in [0.4, 0.5) is 0 Å². The largest absolute Gasteiger partial charge is 0.357 e. The summed E-state index contributed by atoms with van der Waals surface area (Å²) in [6.45, 7) is 6.70. The minimum absolute atomic E-state index is 0.458. The van der Waals surface area contributed by atoms with Crippen molar-refractivity contribution < 1.29 is 0 Å². The van der Waals surface area contributed by atoms with Gasteiger partial charge < -0.3 is 15.2 Å². The summed E-state index contributed by atoms with van der Waals surface area (Å²) in [5, 5.41) is 14.9.